The molecule has 0 spiro atoms. The number of hydrogen-bond donors (Lipinski definition) is 0. The van der Waals surface area contributed by atoms with Gasteiger partial charge in [0.15, 0.2) is 0 Å². The highest BCUT2D eigenvalue weighted by Crippen LogP contribution is 2.12. The van der Waals surface area contributed by atoms with Crippen molar-refractivity contribution in [3.05, 3.63) is 35.4 Å². The van der Waals surface area contributed by atoms with Crippen LogP contribution in [0.2, 0.25) is 0 Å². The van der Waals surface area contributed by atoms with Gasteiger partial charge in [-0.2, -0.15) is 0 Å². The Hall–Kier alpha value is 0.680. The SMILES string of the molecule is ICCc1ccccc1CCI. The lowest BCUT2D eigenvalue weighted by atomic mass is 10.0. The molecule has 0 aromatic heterocycles. The molecule has 66 valence electrons. The van der Waals surface area contributed by atoms with Crippen molar-refractivity contribution in [1.29, 1.82) is 0 Å². The normalized spacial score (nSPS) is 10.2. The van der Waals surface area contributed by atoms with Gasteiger partial charge in [-0.25, -0.2) is 0 Å². The predicted octanol–water partition coefficient (Wildman–Crippen LogP) is 3.64. The number of halogens is 2. The molecule has 0 heterocycles. The van der Waals surface area contributed by atoms with Crippen LogP contribution in [0.3, 0.4) is 0 Å². The molecule has 0 unspecified atom stereocenters. The first-order valence-electron chi connectivity index (χ1n) is 4.07. The van der Waals surface area contributed by atoms with E-state index in [0.29, 0.717) is 0 Å². The molecule has 0 saturated heterocycles. The fraction of sp³-hybridized carbons (Fsp3) is 0.400. The number of hydrogen-bond acceptors (Lipinski definition) is 0. The van der Waals surface area contributed by atoms with Gasteiger partial charge in [0.1, 0.15) is 0 Å². The molecule has 1 aromatic carbocycles. The van der Waals surface area contributed by atoms with Gasteiger partial charge in [-0.05, 0) is 24.0 Å². The van der Waals surface area contributed by atoms with E-state index in [1.54, 1.807) is 0 Å². The van der Waals surface area contributed by atoms with Gasteiger partial charge in [-0.3, -0.25) is 0 Å². The minimum atomic E-state index is 1.22. The second kappa shape index (κ2) is 6.18. The van der Waals surface area contributed by atoms with Crippen LogP contribution in [0.4, 0.5) is 0 Å². The Kier molecular flexibility index (Phi) is 5.54. The molecule has 0 atom stereocenters. The van der Waals surface area contributed by atoms with E-state index in [2.05, 4.69) is 69.4 Å². The average Bonchev–Trinajstić information content (AvgIpc) is 2.09. The molecule has 1 aromatic rings. The van der Waals surface area contributed by atoms with E-state index >= 15 is 0 Å². The van der Waals surface area contributed by atoms with E-state index < -0.39 is 0 Å². The Morgan fingerprint density at radius 3 is 1.58 bits per heavy atom. The minimum absolute atomic E-state index is 1.22. The standard InChI is InChI=1S/C10H12I2/c11-7-5-9-3-1-2-4-10(9)6-8-12/h1-4H,5-8H2. The summed E-state index contributed by atoms with van der Waals surface area (Å²) < 4.78 is 2.44. The van der Waals surface area contributed by atoms with E-state index in [0.717, 1.165) is 0 Å². The minimum Gasteiger partial charge on any atom is -0.0860 e. The van der Waals surface area contributed by atoms with Gasteiger partial charge in [-0.15, -0.1) is 0 Å². The van der Waals surface area contributed by atoms with Gasteiger partial charge in [0.05, 0.1) is 0 Å². The number of alkyl halides is 2. The Morgan fingerprint density at radius 1 is 0.833 bits per heavy atom. The van der Waals surface area contributed by atoms with E-state index in [1.807, 2.05) is 0 Å². The average molecular weight is 386 g/mol. The van der Waals surface area contributed by atoms with Crippen molar-refractivity contribution >= 4 is 45.2 Å². The van der Waals surface area contributed by atoms with Gasteiger partial charge >= 0.3 is 0 Å². The number of benzene rings is 1. The third-order valence-corrected chi connectivity index (χ3v) is 2.92. The van der Waals surface area contributed by atoms with Crippen molar-refractivity contribution < 1.29 is 0 Å². The van der Waals surface area contributed by atoms with Crippen LogP contribution in [0.1, 0.15) is 11.1 Å². The molecule has 0 radical (unpaired) electrons. The lowest BCUT2D eigenvalue weighted by Crippen LogP contribution is -1.95. The number of rotatable bonds is 4. The van der Waals surface area contributed by atoms with Crippen molar-refractivity contribution in [2.45, 2.75) is 12.8 Å². The zero-order valence-corrected chi connectivity index (χ0v) is 11.2. The van der Waals surface area contributed by atoms with E-state index in [-0.39, 0.29) is 0 Å². The first-order chi connectivity index (χ1) is 5.88. The summed E-state index contributed by atoms with van der Waals surface area (Å²) in [7, 11) is 0. The summed E-state index contributed by atoms with van der Waals surface area (Å²) in [6.07, 6.45) is 2.43. The zero-order chi connectivity index (χ0) is 8.81. The Bertz CT molecular complexity index is 208. The molecule has 2 heteroatoms. The molecular formula is C10H12I2. The highest BCUT2D eigenvalue weighted by molar-refractivity contribution is 14.1. The summed E-state index contributed by atoms with van der Waals surface area (Å²) in [5.41, 5.74) is 3.06. The van der Waals surface area contributed by atoms with E-state index in [1.165, 1.54) is 32.8 Å². The van der Waals surface area contributed by atoms with Crippen LogP contribution in [0.5, 0.6) is 0 Å². The molecule has 0 aliphatic carbocycles. The van der Waals surface area contributed by atoms with Crippen molar-refractivity contribution in [3.63, 3.8) is 0 Å². The van der Waals surface area contributed by atoms with Crippen LogP contribution >= 0.6 is 45.2 Å². The summed E-state index contributed by atoms with van der Waals surface area (Å²) >= 11 is 4.87. The third kappa shape index (κ3) is 3.20. The Labute approximate surface area is 101 Å². The van der Waals surface area contributed by atoms with Crippen LogP contribution in [0.25, 0.3) is 0 Å². The second-order valence-electron chi connectivity index (χ2n) is 2.65. The largest absolute Gasteiger partial charge is 0.0860 e. The topological polar surface area (TPSA) is 0 Å². The summed E-state index contributed by atoms with van der Waals surface area (Å²) in [6.45, 7) is 0. The Morgan fingerprint density at radius 2 is 1.25 bits per heavy atom. The first-order valence-corrected chi connectivity index (χ1v) is 7.12. The smallest absolute Gasteiger partial charge is 0.00359 e. The predicted molar refractivity (Wildman–Crippen MR) is 71.6 cm³/mol. The molecule has 12 heavy (non-hydrogen) atoms. The van der Waals surface area contributed by atoms with Crippen molar-refractivity contribution in [3.8, 4) is 0 Å². The van der Waals surface area contributed by atoms with Crippen LogP contribution in [0.15, 0.2) is 24.3 Å². The molecule has 0 aliphatic heterocycles. The van der Waals surface area contributed by atoms with Crippen LogP contribution in [-0.4, -0.2) is 8.86 Å². The Balaban J connectivity index is 2.77. The quantitative estimate of drug-likeness (QED) is 0.548. The van der Waals surface area contributed by atoms with E-state index in [9.17, 15) is 0 Å². The van der Waals surface area contributed by atoms with E-state index in [4.69, 9.17) is 0 Å². The van der Waals surface area contributed by atoms with Crippen LogP contribution in [0, 0.1) is 0 Å². The summed E-state index contributed by atoms with van der Waals surface area (Å²) in [5, 5.41) is 0. The molecular weight excluding hydrogens is 374 g/mol. The molecule has 0 bridgehead atoms. The molecule has 0 saturated carbocycles. The van der Waals surface area contributed by atoms with Crippen molar-refractivity contribution in [2.75, 3.05) is 8.86 Å². The van der Waals surface area contributed by atoms with Gasteiger partial charge in [0.25, 0.3) is 0 Å². The van der Waals surface area contributed by atoms with Crippen molar-refractivity contribution in [1.82, 2.24) is 0 Å². The number of aryl methyl sites for hydroxylation is 2. The monoisotopic (exact) mass is 386 g/mol. The summed E-state index contributed by atoms with van der Waals surface area (Å²) in [4.78, 5) is 0. The van der Waals surface area contributed by atoms with Crippen LogP contribution < -0.4 is 0 Å². The molecule has 0 amide bonds. The molecule has 0 aliphatic rings. The van der Waals surface area contributed by atoms with Crippen molar-refractivity contribution in [2.24, 2.45) is 0 Å². The summed E-state index contributed by atoms with van der Waals surface area (Å²) in [5.74, 6) is 0. The highest BCUT2D eigenvalue weighted by atomic mass is 127. The zero-order valence-electron chi connectivity index (χ0n) is 6.89. The van der Waals surface area contributed by atoms with Gasteiger partial charge in [0, 0.05) is 8.86 Å². The molecule has 0 fully saturated rings. The molecule has 0 N–H and O–H groups in total. The highest BCUT2D eigenvalue weighted by Gasteiger charge is 1.98. The molecule has 0 nitrogen and oxygen atoms in total. The lowest BCUT2D eigenvalue weighted by molar-refractivity contribution is 1.07. The maximum Gasteiger partial charge on any atom is 0.00359 e. The summed E-state index contributed by atoms with van der Waals surface area (Å²) in [6, 6.07) is 8.78. The fourth-order valence-electron chi connectivity index (χ4n) is 1.25. The first kappa shape index (κ1) is 10.8. The second-order valence-corrected chi connectivity index (χ2v) is 4.80. The maximum atomic E-state index is 2.43. The van der Waals surface area contributed by atoms with Gasteiger partial charge < -0.3 is 0 Å². The molecule has 1 rings (SSSR count). The van der Waals surface area contributed by atoms with Crippen LogP contribution in [-0.2, 0) is 12.8 Å². The van der Waals surface area contributed by atoms with Gasteiger partial charge in [-0.1, -0.05) is 69.4 Å². The fourth-order valence-corrected chi connectivity index (χ4v) is 2.41. The lowest BCUT2D eigenvalue weighted by Gasteiger charge is -2.05. The van der Waals surface area contributed by atoms with Gasteiger partial charge in [0.2, 0.25) is 0 Å². The maximum absolute atomic E-state index is 2.43. The third-order valence-electron chi connectivity index (χ3n) is 1.85.